The Morgan fingerprint density at radius 1 is 0.559 bits per heavy atom. The third-order valence-electron chi connectivity index (χ3n) is 4.91. The first kappa shape index (κ1) is 30.7. The van der Waals surface area contributed by atoms with Crippen molar-refractivity contribution in [2.75, 3.05) is 67.1 Å². The number of thiophene rings is 2. The SMILES string of the molecule is COCCOCCOc1c[c]([Sn]([CH3])([CH3])[CH3])sc1-c1s[c]([Sn]([CH3])([CH3])[CH3])cc1OCCOCCOC. The van der Waals surface area contributed by atoms with Gasteiger partial charge in [-0.15, -0.1) is 0 Å². The van der Waals surface area contributed by atoms with Crippen molar-refractivity contribution in [3.63, 3.8) is 0 Å². The van der Waals surface area contributed by atoms with Crippen molar-refractivity contribution in [3.8, 4) is 21.3 Å². The van der Waals surface area contributed by atoms with Gasteiger partial charge in [0.2, 0.25) is 0 Å². The van der Waals surface area contributed by atoms with Crippen LogP contribution in [-0.4, -0.2) is 104 Å². The number of hydrogen-bond donors (Lipinski definition) is 0. The van der Waals surface area contributed by atoms with E-state index in [-0.39, 0.29) is 0 Å². The van der Waals surface area contributed by atoms with Crippen molar-refractivity contribution in [2.24, 2.45) is 0 Å². The molecule has 0 fully saturated rings. The van der Waals surface area contributed by atoms with Crippen LogP contribution in [0.25, 0.3) is 9.75 Å². The zero-order valence-corrected chi connectivity index (χ0v) is 29.4. The zero-order chi connectivity index (χ0) is 25.2. The Bertz CT molecular complexity index is 784. The van der Waals surface area contributed by atoms with E-state index < -0.39 is 36.8 Å². The third kappa shape index (κ3) is 10.1. The Morgan fingerprint density at radius 3 is 1.24 bits per heavy atom. The van der Waals surface area contributed by atoms with Gasteiger partial charge in [-0.1, -0.05) is 0 Å². The fourth-order valence-corrected chi connectivity index (χ4v) is 15.6. The molecule has 2 aromatic rings. The molecule has 0 aliphatic rings. The quantitative estimate of drug-likeness (QED) is 0.175. The summed E-state index contributed by atoms with van der Waals surface area (Å²) in [4.78, 5) is 17.1. The van der Waals surface area contributed by atoms with E-state index in [1.54, 1.807) is 14.2 Å². The van der Waals surface area contributed by atoms with Crippen molar-refractivity contribution in [1.29, 1.82) is 0 Å². The van der Waals surface area contributed by atoms with E-state index in [1.165, 1.54) is 15.5 Å². The molecule has 194 valence electrons. The predicted octanol–water partition coefficient (Wildman–Crippen LogP) is 4.65. The van der Waals surface area contributed by atoms with Crippen molar-refractivity contribution >= 4 is 65.2 Å². The van der Waals surface area contributed by atoms with Gasteiger partial charge in [0.05, 0.1) is 0 Å². The Kier molecular flexibility index (Phi) is 13.5. The molecule has 0 N–H and O–H groups in total. The van der Waals surface area contributed by atoms with Crippen LogP contribution in [0, 0.1) is 0 Å². The fourth-order valence-electron chi connectivity index (χ4n) is 2.93. The molecule has 0 saturated carbocycles. The molecule has 0 radical (unpaired) electrons. The van der Waals surface area contributed by atoms with Crippen LogP contribution in [0.15, 0.2) is 12.1 Å². The fraction of sp³-hybridized carbons (Fsp3) is 0.667. The van der Waals surface area contributed by atoms with Crippen molar-refractivity contribution in [1.82, 2.24) is 0 Å². The summed E-state index contributed by atoms with van der Waals surface area (Å²) in [7, 11) is 3.36. The zero-order valence-electron chi connectivity index (χ0n) is 22.1. The summed E-state index contributed by atoms with van der Waals surface area (Å²) in [6, 6.07) is 4.56. The van der Waals surface area contributed by atoms with Gasteiger partial charge in [-0.3, -0.25) is 0 Å². The van der Waals surface area contributed by atoms with Crippen molar-refractivity contribution in [3.05, 3.63) is 12.1 Å². The van der Waals surface area contributed by atoms with E-state index in [0.29, 0.717) is 52.9 Å². The molecule has 2 heterocycles. The van der Waals surface area contributed by atoms with Crippen LogP contribution in [0.3, 0.4) is 0 Å². The Hall–Kier alpha value is 0.437. The van der Waals surface area contributed by atoms with E-state index in [1.807, 2.05) is 22.7 Å². The molecular formula is C24H42O6S2Sn2. The summed E-state index contributed by atoms with van der Waals surface area (Å²) in [5, 5.41) is 0. The Balaban J connectivity index is 2.27. The van der Waals surface area contributed by atoms with Gasteiger partial charge in [0, 0.05) is 0 Å². The normalized spacial score (nSPS) is 12.4. The monoisotopic (exact) mass is 730 g/mol. The molecule has 0 aliphatic carbocycles. The summed E-state index contributed by atoms with van der Waals surface area (Å²) >= 11 is -0.779. The first-order valence-corrected chi connectivity index (χ1v) is 33.4. The molecule has 0 aliphatic heterocycles. The van der Waals surface area contributed by atoms with Crippen molar-refractivity contribution in [2.45, 2.75) is 29.6 Å². The minimum absolute atomic E-state index is 0.521. The second kappa shape index (κ2) is 15.0. The van der Waals surface area contributed by atoms with E-state index in [0.717, 1.165) is 11.5 Å². The van der Waals surface area contributed by atoms with Gasteiger partial charge in [-0.25, -0.2) is 0 Å². The van der Waals surface area contributed by atoms with Crippen LogP contribution >= 0.6 is 22.7 Å². The van der Waals surface area contributed by atoms with Crippen LogP contribution < -0.4 is 15.3 Å². The van der Waals surface area contributed by atoms with Crippen LogP contribution in [-0.2, 0) is 18.9 Å². The minimum atomic E-state index is -2.28. The van der Waals surface area contributed by atoms with Gasteiger partial charge < -0.3 is 0 Å². The van der Waals surface area contributed by atoms with Gasteiger partial charge in [0.1, 0.15) is 0 Å². The van der Waals surface area contributed by atoms with Crippen molar-refractivity contribution < 1.29 is 28.4 Å². The number of hydrogen-bond acceptors (Lipinski definition) is 8. The Morgan fingerprint density at radius 2 is 0.912 bits per heavy atom. The summed E-state index contributed by atoms with van der Waals surface area (Å²) < 4.78 is 36.9. The number of ether oxygens (including phenoxy) is 6. The van der Waals surface area contributed by atoms with E-state index in [9.17, 15) is 0 Å². The topological polar surface area (TPSA) is 55.4 Å². The summed E-state index contributed by atoms with van der Waals surface area (Å²) in [5.74, 6) is 1.92. The van der Waals surface area contributed by atoms with Gasteiger partial charge >= 0.3 is 224 Å². The molecule has 0 spiro atoms. The number of methoxy groups -OCH3 is 2. The summed E-state index contributed by atoms with van der Waals surface area (Å²) in [6.07, 6.45) is 0. The average Bonchev–Trinajstić information content (AvgIpc) is 3.37. The van der Waals surface area contributed by atoms with E-state index >= 15 is 0 Å². The predicted molar refractivity (Wildman–Crippen MR) is 150 cm³/mol. The second-order valence-electron chi connectivity index (χ2n) is 10.0. The summed E-state index contributed by atoms with van der Waals surface area (Å²) in [6.45, 7) is 4.48. The third-order valence-corrected chi connectivity index (χ3v) is 26.2. The van der Waals surface area contributed by atoms with Gasteiger partial charge in [0.15, 0.2) is 0 Å². The molecule has 0 unspecified atom stereocenters. The van der Waals surface area contributed by atoms with Crippen LogP contribution in [0.1, 0.15) is 0 Å². The molecule has 10 heteroatoms. The molecule has 0 atom stereocenters. The van der Waals surface area contributed by atoms with Gasteiger partial charge in [-0.05, 0) is 0 Å². The maximum atomic E-state index is 6.28. The van der Waals surface area contributed by atoms with E-state index in [4.69, 9.17) is 28.4 Å². The van der Waals surface area contributed by atoms with Gasteiger partial charge in [0.25, 0.3) is 0 Å². The summed E-state index contributed by atoms with van der Waals surface area (Å²) in [5.41, 5.74) is 0. The molecule has 34 heavy (non-hydrogen) atoms. The van der Waals surface area contributed by atoms with Crippen LogP contribution in [0.4, 0.5) is 0 Å². The molecule has 2 rings (SSSR count). The maximum absolute atomic E-state index is 6.28. The van der Waals surface area contributed by atoms with Crippen LogP contribution in [0.5, 0.6) is 11.5 Å². The first-order chi connectivity index (χ1) is 16.1. The van der Waals surface area contributed by atoms with Crippen LogP contribution in [0.2, 0.25) is 29.6 Å². The Labute approximate surface area is 222 Å². The molecule has 0 amide bonds. The second-order valence-corrected chi connectivity index (χ2v) is 42.9. The molecule has 0 aromatic carbocycles. The first-order valence-electron chi connectivity index (χ1n) is 11.8. The average molecular weight is 728 g/mol. The van der Waals surface area contributed by atoms with E-state index in [2.05, 4.69) is 41.8 Å². The molecule has 6 nitrogen and oxygen atoms in total. The molecule has 0 bridgehead atoms. The molecular weight excluding hydrogens is 686 g/mol. The number of rotatable bonds is 17. The molecule has 0 saturated heterocycles. The standard InChI is InChI=1S/C18H24O6S2.6CH3.2Sn/c1-19-5-7-21-9-11-23-15-3-13-25-17(15)18-16(4-14-26-18)24-12-10-22-8-6-20-2;;;;;;;;/h3-4H,5-12H2,1-2H3;6*1H3;;. The molecule has 2 aromatic heterocycles. The van der Waals surface area contributed by atoms with Gasteiger partial charge in [-0.2, -0.15) is 0 Å².